The summed E-state index contributed by atoms with van der Waals surface area (Å²) in [6, 6.07) is 16.2. The maximum Gasteiger partial charge on any atom is 0.229 e. The molecule has 4 nitrogen and oxygen atoms in total. The first-order valence-electron chi connectivity index (χ1n) is 7.22. The second kappa shape index (κ2) is 5.53. The summed E-state index contributed by atoms with van der Waals surface area (Å²) in [5.41, 5.74) is 3.67. The summed E-state index contributed by atoms with van der Waals surface area (Å²) in [6.45, 7) is 0. The second-order valence-electron chi connectivity index (χ2n) is 5.16. The van der Waals surface area contributed by atoms with Crippen molar-refractivity contribution < 1.29 is 4.39 Å². The molecule has 2 aromatic carbocycles. The Morgan fingerprint density at radius 1 is 0.957 bits per heavy atom. The van der Waals surface area contributed by atoms with E-state index in [0.29, 0.717) is 5.95 Å². The second-order valence-corrected chi connectivity index (χ2v) is 5.16. The molecular formula is C18H13FN4. The summed E-state index contributed by atoms with van der Waals surface area (Å²) in [6.07, 6.45) is 3.71. The molecule has 0 saturated carbocycles. The standard InChI is InChI=1S/C18H13FN4/c19-13-6-8-14(9-7-13)22-18-21-11-16-15(10-20-17(16)23-18)12-4-2-1-3-5-12/h1-11H,(H2,20,21,22,23). The van der Waals surface area contributed by atoms with Crippen LogP contribution in [0.2, 0.25) is 0 Å². The van der Waals surface area contributed by atoms with E-state index in [2.05, 4.69) is 20.3 Å². The zero-order valence-electron chi connectivity index (χ0n) is 12.1. The Morgan fingerprint density at radius 2 is 1.74 bits per heavy atom. The molecule has 0 fully saturated rings. The molecule has 0 bridgehead atoms. The van der Waals surface area contributed by atoms with E-state index in [0.717, 1.165) is 27.8 Å². The lowest BCUT2D eigenvalue weighted by Crippen LogP contribution is -1.96. The van der Waals surface area contributed by atoms with Crippen molar-refractivity contribution in [2.45, 2.75) is 0 Å². The van der Waals surface area contributed by atoms with Crippen molar-refractivity contribution in [2.24, 2.45) is 0 Å². The number of hydrogen-bond acceptors (Lipinski definition) is 3. The van der Waals surface area contributed by atoms with Gasteiger partial charge in [0, 0.05) is 29.0 Å². The van der Waals surface area contributed by atoms with Gasteiger partial charge in [0.1, 0.15) is 11.5 Å². The minimum Gasteiger partial charge on any atom is -0.345 e. The van der Waals surface area contributed by atoms with Crippen LogP contribution in [0.3, 0.4) is 0 Å². The number of nitrogens with one attached hydrogen (secondary N) is 2. The fourth-order valence-corrected chi connectivity index (χ4v) is 2.49. The van der Waals surface area contributed by atoms with Gasteiger partial charge >= 0.3 is 0 Å². The fraction of sp³-hybridized carbons (Fsp3) is 0. The fourth-order valence-electron chi connectivity index (χ4n) is 2.49. The van der Waals surface area contributed by atoms with Crippen LogP contribution in [0.4, 0.5) is 16.0 Å². The van der Waals surface area contributed by atoms with Gasteiger partial charge in [0.15, 0.2) is 0 Å². The first-order chi connectivity index (χ1) is 11.3. The summed E-state index contributed by atoms with van der Waals surface area (Å²) < 4.78 is 12.9. The Labute approximate surface area is 132 Å². The molecule has 0 spiro atoms. The number of anilines is 2. The van der Waals surface area contributed by atoms with Crippen molar-refractivity contribution in [3.63, 3.8) is 0 Å². The van der Waals surface area contributed by atoms with Gasteiger partial charge in [-0.05, 0) is 29.8 Å². The van der Waals surface area contributed by atoms with Gasteiger partial charge in [0.05, 0.1) is 0 Å². The molecule has 2 aromatic heterocycles. The van der Waals surface area contributed by atoms with Gasteiger partial charge in [-0.15, -0.1) is 0 Å². The average molecular weight is 304 g/mol. The summed E-state index contributed by atoms with van der Waals surface area (Å²) in [5.74, 6) is 0.189. The molecule has 2 heterocycles. The van der Waals surface area contributed by atoms with E-state index >= 15 is 0 Å². The minimum absolute atomic E-state index is 0.274. The SMILES string of the molecule is Fc1ccc(Nc2ncc3c(-c4ccccc4)c[nH]c3n2)cc1. The van der Waals surface area contributed by atoms with Crippen LogP contribution in [0.1, 0.15) is 0 Å². The zero-order valence-corrected chi connectivity index (χ0v) is 12.1. The monoisotopic (exact) mass is 304 g/mol. The third-order valence-electron chi connectivity index (χ3n) is 3.62. The lowest BCUT2D eigenvalue weighted by atomic mass is 10.1. The summed E-state index contributed by atoms with van der Waals surface area (Å²) in [4.78, 5) is 12.0. The maximum atomic E-state index is 12.9. The minimum atomic E-state index is -0.274. The molecule has 0 aliphatic rings. The number of rotatable bonds is 3. The van der Waals surface area contributed by atoms with Crippen LogP contribution in [-0.2, 0) is 0 Å². The van der Waals surface area contributed by atoms with Crippen molar-refractivity contribution in [1.29, 1.82) is 0 Å². The third-order valence-corrected chi connectivity index (χ3v) is 3.62. The molecule has 0 atom stereocenters. The Morgan fingerprint density at radius 3 is 2.52 bits per heavy atom. The lowest BCUT2D eigenvalue weighted by Gasteiger charge is -2.04. The first-order valence-corrected chi connectivity index (χ1v) is 7.22. The first kappa shape index (κ1) is 13.5. The van der Waals surface area contributed by atoms with E-state index < -0.39 is 0 Å². The number of nitrogens with zero attached hydrogens (tertiary/aromatic N) is 2. The van der Waals surface area contributed by atoms with Gasteiger partial charge in [-0.3, -0.25) is 0 Å². The Bertz CT molecular complexity index is 946. The van der Waals surface area contributed by atoms with E-state index in [1.54, 1.807) is 18.3 Å². The predicted molar refractivity (Wildman–Crippen MR) is 89.0 cm³/mol. The Hall–Kier alpha value is -3.21. The molecule has 0 amide bonds. The molecule has 112 valence electrons. The van der Waals surface area contributed by atoms with Gasteiger partial charge in [-0.1, -0.05) is 30.3 Å². The van der Waals surface area contributed by atoms with Crippen LogP contribution in [-0.4, -0.2) is 15.0 Å². The quantitative estimate of drug-likeness (QED) is 0.585. The third kappa shape index (κ3) is 2.64. The highest BCUT2D eigenvalue weighted by Crippen LogP contribution is 2.27. The molecule has 0 aliphatic heterocycles. The van der Waals surface area contributed by atoms with E-state index in [9.17, 15) is 4.39 Å². The van der Waals surface area contributed by atoms with E-state index in [4.69, 9.17) is 0 Å². The van der Waals surface area contributed by atoms with Gasteiger partial charge in [-0.25, -0.2) is 9.37 Å². The van der Waals surface area contributed by atoms with Crippen LogP contribution in [0.25, 0.3) is 22.2 Å². The zero-order chi connectivity index (χ0) is 15.6. The molecule has 4 aromatic rings. The molecule has 0 saturated heterocycles. The summed E-state index contributed by atoms with van der Waals surface area (Å²) in [7, 11) is 0. The highest BCUT2D eigenvalue weighted by molar-refractivity contribution is 5.93. The molecule has 0 aliphatic carbocycles. The number of halogens is 1. The molecule has 23 heavy (non-hydrogen) atoms. The van der Waals surface area contributed by atoms with E-state index in [1.165, 1.54) is 12.1 Å². The van der Waals surface area contributed by atoms with Crippen LogP contribution < -0.4 is 5.32 Å². The van der Waals surface area contributed by atoms with Crippen molar-refractivity contribution in [3.05, 3.63) is 72.8 Å². The number of benzene rings is 2. The van der Waals surface area contributed by atoms with Gasteiger partial charge in [-0.2, -0.15) is 4.98 Å². The van der Waals surface area contributed by atoms with Gasteiger partial charge in [0.25, 0.3) is 0 Å². The van der Waals surface area contributed by atoms with Crippen LogP contribution >= 0.6 is 0 Å². The normalized spacial score (nSPS) is 10.8. The molecule has 5 heteroatoms. The van der Waals surface area contributed by atoms with Crippen molar-refractivity contribution in [3.8, 4) is 11.1 Å². The molecule has 0 unspecified atom stereocenters. The predicted octanol–water partition coefficient (Wildman–Crippen LogP) is 4.51. The smallest absolute Gasteiger partial charge is 0.229 e. The van der Waals surface area contributed by atoms with Crippen LogP contribution in [0.5, 0.6) is 0 Å². The molecule has 4 rings (SSSR count). The van der Waals surface area contributed by atoms with Crippen molar-refractivity contribution >= 4 is 22.7 Å². The van der Waals surface area contributed by atoms with Crippen LogP contribution in [0.15, 0.2) is 67.0 Å². The van der Waals surface area contributed by atoms with Crippen LogP contribution in [0, 0.1) is 5.82 Å². The topological polar surface area (TPSA) is 53.6 Å². The Balaban J connectivity index is 1.68. The Kier molecular flexibility index (Phi) is 3.24. The summed E-state index contributed by atoms with van der Waals surface area (Å²) >= 11 is 0. The molecule has 2 N–H and O–H groups in total. The number of H-pyrrole nitrogens is 1. The van der Waals surface area contributed by atoms with Gasteiger partial charge < -0.3 is 10.3 Å². The number of fused-ring (bicyclic) bond motifs is 1. The average Bonchev–Trinajstić information content (AvgIpc) is 3.01. The largest absolute Gasteiger partial charge is 0.345 e. The van der Waals surface area contributed by atoms with Gasteiger partial charge in [0.2, 0.25) is 5.95 Å². The molecular weight excluding hydrogens is 291 g/mol. The number of hydrogen-bond donors (Lipinski definition) is 2. The van der Waals surface area contributed by atoms with Crippen molar-refractivity contribution in [1.82, 2.24) is 15.0 Å². The van der Waals surface area contributed by atoms with E-state index in [1.807, 2.05) is 36.5 Å². The lowest BCUT2D eigenvalue weighted by molar-refractivity contribution is 0.628. The molecule has 0 radical (unpaired) electrons. The highest BCUT2D eigenvalue weighted by atomic mass is 19.1. The number of aromatic nitrogens is 3. The maximum absolute atomic E-state index is 12.9. The van der Waals surface area contributed by atoms with Crippen molar-refractivity contribution in [2.75, 3.05) is 5.32 Å². The number of aromatic amines is 1. The highest BCUT2D eigenvalue weighted by Gasteiger charge is 2.08. The summed E-state index contributed by atoms with van der Waals surface area (Å²) in [5, 5.41) is 4.02. The van der Waals surface area contributed by atoms with E-state index in [-0.39, 0.29) is 5.82 Å².